The van der Waals surface area contributed by atoms with Gasteiger partial charge in [-0.15, -0.1) is 0 Å². The molecule has 0 amide bonds. The van der Waals surface area contributed by atoms with Crippen molar-refractivity contribution in [3.05, 3.63) is 11.6 Å². The number of hydrogen-bond acceptors (Lipinski definition) is 8. The fourth-order valence-corrected chi connectivity index (χ4v) is 6.40. The highest BCUT2D eigenvalue weighted by atomic mass is 16.5. The van der Waals surface area contributed by atoms with Gasteiger partial charge < -0.3 is 30.0 Å². The van der Waals surface area contributed by atoms with Crippen molar-refractivity contribution in [2.45, 2.75) is 198 Å². The van der Waals surface area contributed by atoms with Crippen molar-refractivity contribution in [1.82, 2.24) is 0 Å². The molecule has 0 aliphatic carbocycles. The minimum atomic E-state index is -0.548. The lowest BCUT2D eigenvalue weighted by atomic mass is 9.99. The normalized spacial score (nSPS) is 22.9. The van der Waals surface area contributed by atoms with Gasteiger partial charge in [-0.3, -0.25) is 0 Å². The highest BCUT2D eigenvalue weighted by Crippen LogP contribution is 2.28. The zero-order chi connectivity index (χ0) is 31.3. The molecule has 43 heavy (non-hydrogen) atoms. The summed E-state index contributed by atoms with van der Waals surface area (Å²) in [4.78, 5) is 11.7. The molecule has 0 unspecified atom stereocenters. The average Bonchev–Trinajstić information content (AvgIpc) is 3.61. The molecule has 0 aromatic heterocycles. The van der Waals surface area contributed by atoms with Crippen LogP contribution in [0, 0.1) is 0 Å². The fraction of sp³-hybridized carbons (Fsp3) is 0.886. The average molecular weight is 610 g/mol. The summed E-state index contributed by atoms with van der Waals surface area (Å²) in [6, 6.07) is 0. The van der Waals surface area contributed by atoms with E-state index in [-0.39, 0.29) is 24.3 Å². The van der Waals surface area contributed by atoms with Crippen molar-refractivity contribution in [3.8, 4) is 0 Å². The largest absolute Gasteiger partial charge is 0.455 e. The van der Waals surface area contributed by atoms with Crippen LogP contribution in [0.5, 0.6) is 0 Å². The Morgan fingerprint density at radius 2 is 1.28 bits per heavy atom. The van der Waals surface area contributed by atoms with Gasteiger partial charge in [0, 0.05) is 12.0 Å². The summed E-state index contributed by atoms with van der Waals surface area (Å²) >= 11 is 0. The second-order valence-electron chi connectivity index (χ2n) is 13.1. The minimum absolute atomic E-state index is 0.160. The Kier molecular flexibility index (Phi) is 20.1. The number of esters is 1. The Morgan fingerprint density at radius 3 is 1.81 bits per heavy atom. The van der Waals surface area contributed by atoms with Gasteiger partial charge in [0.05, 0.1) is 36.2 Å². The fourth-order valence-electron chi connectivity index (χ4n) is 6.40. The van der Waals surface area contributed by atoms with Crippen LogP contribution in [0.4, 0.5) is 0 Å². The monoisotopic (exact) mass is 609 g/mol. The lowest BCUT2D eigenvalue weighted by Gasteiger charge is -2.22. The molecule has 0 radical (unpaired) electrons. The van der Waals surface area contributed by atoms with Gasteiger partial charge in [-0.25, -0.2) is 4.79 Å². The predicted molar refractivity (Wildman–Crippen MR) is 171 cm³/mol. The number of carbonyl (C=O) groups is 1. The maximum absolute atomic E-state index is 11.7. The SMILES string of the molecule is CCCCCCCCCCCC[C@@H](O)[C@H]1CC[C@H]([C@H](O)CCCC/C(CCCCC[C@@H](O)CC2=C[C@H](C)OC2=O)=N/O)O1. The predicted octanol–water partition coefficient (Wildman–Crippen LogP) is 7.53. The van der Waals surface area contributed by atoms with Gasteiger partial charge in [-0.2, -0.15) is 0 Å². The number of aliphatic hydroxyl groups excluding tert-OH is 3. The quantitative estimate of drug-likeness (QED) is 0.0262. The van der Waals surface area contributed by atoms with Gasteiger partial charge in [-0.1, -0.05) is 95.6 Å². The summed E-state index contributed by atoms with van der Waals surface area (Å²) in [6.45, 7) is 4.06. The van der Waals surface area contributed by atoms with E-state index in [9.17, 15) is 25.3 Å². The van der Waals surface area contributed by atoms with Crippen LogP contribution in [0.25, 0.3) is 0 Å². The molecule has 2 rings (SSSR count). The first-order valence-electron chi connectivity index (χ1n) is 17.6. The molecule has 2 aliphatic heterocycles. The van der Waals surface area contributed by atoms with E-state index < -0.39 is 18.3 Å². The van der Waals surface area contributed by atoms with Crippen LogP contribution in [0.2, 0.25) is 0 Å². The van der Waals surface area contributed by atoms with Gasteiger partial charge in [-0.05, 0) is 70.8 Å². The third-order valence-corrected chi connectivity index (χ3v) is 9.10. The number of oxime groups is 1. The van der Waals surface area contributed by atoms with E-state index in [1.807, 2.05) is 6.92 Å². The summed E-state index contributed by atoms with van der Waals surface area (Å²) in [6.07, 6.45) is 22.3. The van der Waals surface area contributed by atoms with E-state index in [0.29, 0.717) is 37.7 Å². The van der Waals surface area contributed by atoms with E-state index in [1.54, 1.807) is 6.08 Å². The first-order valence-corrected chi connectivity index (χ1v) is 17.6. The van der Waals surface area contributed by atoms with Crippen molar-refractivity contribution in [3.63, 3.8) is 0 Å². The Morgan fingerprint density at radius 1 is 0.791 bits per heavy atom. The zero-order valence-electron chi connectivity index (χ0n) is 27.3. The van der Waals surface area contributed by atoms with Crippen molar-refractivity contribution in [2.75, 3.05) is 0 Å². The molecule has 2 aliphatic rings. The van der Waals surface area contributed by atoms with Crippen LogP contribution in [-0.4, -0.2) is 68.8 Å². The first kappa shape index (κ1) is 37.7. The van der Waals surface area contributed by atoms with Crippen molar-refractivity contribution < 1.29 is 34.8 Å². The third kappa shape index (κ3) is 16.4. The number of carbonyl (C=O) groups excluding carboxylic acids is 1. The van der Waals surface area contributed by atoms with E-state index in [4.69, 9.17) is 9.47 Å². The van der Waals surface area contributed by atoms with Crippen molar-refractivity contribution >= 4 is 11.7 Å². The Balaban J connectivity index is 1.46. The van der Waals surface area contributed by atoms with E-state index in [0.717, 1.165) is 63.5 Å². The molecular formula is C35H63NO7. The lowest BCUT2D eigenvalue weighted by Crippen LogP contribution is -2.31. The van der Waals surface area contributed by atoms with E-state index >= 15 is 0 Å². The number of nitrogens with zero attached hydrogens (tertiary/aromatic N) is 1. The van der Waals surface area contributed by atoms with Crippen molar-refractivity contribution in [2.24, 2.45) is 5.16 Å². The molecule has 8 heteroatoms. The second-order valence-corrected chi connectivity index (χ2v) is 13.1. The number of hydrogen-bond donors (Lipinski definition) is 4. The van der Waals surface area contributed by atoms with Gasteiger partial charge in [0.2, 0.25) is 0 Å². The van der Waals surface area contributed by atoms with Gasteiger partial charge in [0.25, 0.3) is 0 Å². The van der Waals surface area contributed by atoms with Crippen molar-refractivity contribution in [1.29, 1.82) is 0 Å². The number of aliphatic hydroxyl groups is 3. The van der Waals surface area contributed by atoms with E-state index in [2.05, 4.69) is 12.1 Å². The van der Waals surface area contributed by atoms with Crippen LogP contribution in [0.15, 0.2) is 16.8 Å². The lowest BCUT2D eigenvalue weighted by molar-refractivity contribution is -0.139. The van der Waals surface area contributed by atoms with Crippen LogP contribution >= 0.6 is 0 Å². The molecule has 250 valence electrons. The second kappa shape index (κ2) is 22.9. The smallest absolute Gasteiger partial charge is 0.334 e. The van der Waals surface area contributed by atoms with Gasteiger partial charge in [0.15, 0.2) is 0 Å². The standard InChI is InChI=1S/C35H63NO7/c1-3-4-5-6-7-8-9-10-11-15-21-31(38)33-23-24-34(43-33)32(39)22-17-16-19-29(36-41)18-13-12-14-20-30(37)26-28-25-27(2)42-35(28)40/h25,27,30-34,37-39,41H,3-24,26H2,1-2H3/b36-29+/t27-,30+,31+,32+,33+,34+/m0/s1. The molecule has 0 spiro atoms. The maximum Gasteiger partial charge on any atom is 0.334 e. The molecule has 4 N–H and O–H groups in total. The van der Waals surface area contributed by atoms with Crippen LogP contribution in [-0.2, 0) is 14.3 Å². The highest BCUT2D eigenvalue weighted by Gasteiger charge is 2.34. The topological polar surface area (TPSA) is 129 Å². The van der Waals surface area contributed by atoms with Crippen LogP contribution in [0.3, 0.4) is 0 Å². The number of rotatable bonds is 26. The van der Waals surface area contributed by atoms with Crippen LogP contribution in [0.1, 0.15) is 162 Å². The molecule has 0 bridgehead atoms. The van der Waals surface area contributed by atoms with Gasteiger partial charge >= 0.3 is 5.97 Å². The number of cyclic esters (lactones) is 1. The number of ether oxygens (including phenoxy) is 2. The maximum atomic E-state index is 11.7. The molecule has 6 atom stereocenters. The molecule has 8 nitrogen and oxygen atoms in total. The number of unbranched alkanes of at least 4 members (excludes halogenated alkanes) is 12. The highest BCUT2D eigenvalue weighted by molar-refractivity contribution is 5.90. The minimum Gasteiger partial charge on any atom is -0.455 e. The molecule has 0 saturated carbocycles. The molecule has 2 heterocycles. The summed E-state index contributed by atoms with van der Waals surface area (Å²) < 4.78 is 11.1. The molecule has 1 fully saturated rings. The molecule has 1 saturated heterocycles. The van der Waals surface area contributed by atoms with E-state index in [1.165, 1.54) is 57.8 Å². The molecule has 0 aromatic rings. The Hall–Kier alpha value is -1.48. The van der Waals surface area contributed by atoms with Crippen LogP contribution < -0.4 is 0 Å². The molecule has 0 aromatic carbocycles. The zero-order valence-corrected chi connectivity index (χ0v) is 27.3. The Bertz CT molecular complexity index is 801. The summed E-state index contributed by atoms with van der Waals surface area (Å²) in [5, 5.41) is 44.4. The van der Waals surface area contributed by atoms with Gasteiger partial charge in [0.1, 0.15) is 6.10 Å². The summed E-state index contributed by atoms with van der Waals surface area (Å²) in [5.41, 5.74) is 1.34. The summed E-state index contributed by atoms with van der Waals surface area (Å²) in [5.74, 6) is -0.323. The third-order valence-electron chi connectivity index (χ3n) is 9.10. The first-order chi connectivity index (χ1) is 20.8. The Labute approximate surface area is 261 Å². The molecular weight excluding hydrogens is 546 g/mol. The summed E-state index contributed by atoms with van der Waals surface area (Å²) in [7, 11) is 0.